The third-order valence-corrected chi connectivity index (χ3v) is 4.57. The first-order chi connectivity index (χ1) is 14.1. The molecule has 1 amide bonds. The average Bonchev–Trinajstić information content (AvgIpc) is 2.75. The highest BCUT2D eigenvalue weighted by molar-refractivity contribution is 6.04. The average molecular weight is 390 g/mol. The van der Waals surface area contributed by atoms with Crippen LogP contribution in [0.2, 0.25) is 0 Å². The number of nitrogens with zero attached hydrogens (tertiary/aromatic N) is 3. The Morgan fingerprint density at radius 3 is 2.55 bits per heavy atom. The Morgan fingerprint density at radius 1 is 1.07 bits per heavy atom. The number of benzene rings is 2. The normalized spacial score (nSPS) is 12.3. The summed E-state index contributed by atoms with van der Waals surface area (Å²) in [6.07, 6.45) is 3.07. The smallest absolute Gasteiger partial charge is 0.258 e. The van der Waals surface area contributed by atoms with Gasteiger partial charge in [-0.3, -0.25) is 4.79 Å². The second-order valence-electron chi connectivity index (χ2n) is 6.67. The molecule has 0 saturated heterocycles. The Kier molecular flexibility index (Phi) is 5.29. The lowest BCUT2D eigenvalue weighted by Gasteiger charge is -2.21. The van der Waals surface area contributed by atoms with Gasteiger partial charge in [-0.1, -0.05) is 12.1 Å². The first-order valence-corrected chi connectivity index (χ1v) is 9.51. The predicted octanol–water partition coefficient (Wildman–Crippen LogP) is 3.97. The van der Waals surface area contributed by atoms with Gasteiger partial charge in [-0.05, 0) is 43.7 Å². The van der Waals surface area contributed by atoms with E-state index in [9.17, 15) is 4.79 Å². The van der Waals surface area contributed by atoms with Crippen LogP contribution in [0.3, 0.4) is 0 Å². The molecule has 7 nitrogen and oxygen atoms in total. The molecule has 3 aromatic rings. The molecule has 2 heterocycles. The minimum absolute atomic E-state index is 0.285. The van der Waals surface area contributed by atoms with Crippen LogP contribution in [0.1, 0.15) is 22.8 Å². The van der Waals surface area contributed by atoms with Crippen molar-refractivity contribution in [1.82, 2.24) is 9.97 Å². The minimum atomic E-state index is -0.285. The van der Waals surface area contributed by atoms with Crippen LogP contribution < -0.4 is 19.7 Å². The number of amides is 1. The number of fused-ring (bicyclic) bond motifs is 1. The third kappa shape index (κ3) is 4.13. The Labute approximate surface area is 169 Å². The van der Waals surface area contributed by atoms with Crippen molar-refractivity contribution in [1.29, 1.82) is 0 Å². The standard InChI is InChI=1S/C22H22N4O3/c1-3-26(18-6-4-5-15(2)11-18)22-23-13-16(14-24-22)21(27)25-17-7-8-19-20(12-17)29-10-9-28-19/h4-8,11-14H,3,9-10H2,1-2H3,(H,25,27). The van der Waals surface area contributed by atoms with E-state index in [1.54, 1.807) is 18.2 Å². The van der Waals surface area contributed by atoms with Gasteiger partial charge in [0.2, 0.25) is 5.95 Å². The van der Waals surface area contributed by atoms with Crippen LogP contribution in [-0.2, 0) is 0 Å². The number of nitrogens with one attached hydrogen (secondary N) is 1. The van der Waals surface area contributed by atoms with Crippen molar-refractivity contribution in [3.8, 4) is 11.5 Å². The molecule has 0 fully saturated rings. The highest BCUT2D eigenvalue weighted by atomic mass is 16.6. The lowest BCUT2D eigenvalue weighted by atomic mass is 10.2. The number of aryl methyl sites for hydroxylation is 1. The van der Waals surface area contributed by atoms with Gasteiger partial charge in [-0.25, -0.2) is 9.97 Å². The molecule has 1 aliphatic rings. The molecule has 0 unspecified atom stereocenters. The molecular formula is C22H22N4O3. The predicted molar refractivity (Wildman–Crippen MR) is 111 cm³/mol. The summed E-state index contributed by atoms with van der Waals surface area (Å²) in [5.74, 6) is 1.57. The van der Waals surface area contributed by atoms with Crippen molar-refractivity contribution in [2.24, 2.45) is 0 Å². The van der Waals surface area contributed by atoms with E-state index in [0.717, 1.165) is 11.3 Å². The summed E-state index contributed by atoms with van der Waals surface area (Å²) in [5, 5.41) is 2.84. The fourth-order valence-electron chi connectivity index (χ4n) is 3.14. The molecule has 2 aromatic carbocycles. The molecule has 0 atom stereocenters. The molecule has 1 aromatic heterocycles. The Balaban J connectivity index is 1.49. The van der Waals surface area contributed by atoms with E-state index >= 15 is 0 Å². The molecule has 0 spiro atoms. The largest absolute Gasteiger partial charge is 0.486 e. The summed E-state index contributed by atoms with van der Waals surface area (Å²) in [6, 6.07) is 13.4. The van der Waals surface area contributed by atoms with Gasteiger partial charge in [0.1, 0.15) is 13.2 Å². The summed E-state index contributed by atoms with van der Waals surface area (Å²) < 4.78 is 11.0. The van der Waals surface area contributed by atoms with Gasteiger partial charge in [0, 0.05) is 36.4 Å². The van der Waals surface area contributed by atoms with E-state index in [1.165, 1.54) is 12.4 Å². The molecule has 0 bridgehead atoms. The first-order valence-electron chi connectivity index (χ1n) is 9.51. The quantitative estimate of drug-likeness (QED) is 0.710. The summed E-state index contributed by atoms with van der Waals surface area (Å²) in [4.78, 5) is 23.4. The van der Waals surface area contributed by atoms with Crippen molar-refractivity contribution < 1.29 is 14.3 Å². The van der Waals surface area contributed by atoms with Gasteiger partial charge >= 0.3 is 0 Å². The Hall–Kier alpha value is -3.61. The number of rotatable bonds is 5. The highest BCUT2D eigenvalue weighted by Crippen LogP contribution is 2.32. The zero-order valence-electron chi connectivity index (χ0n) is 16.4. The molecule has 7 heteroatoms. The molecule has 0 radical (unpaired) electrons. The molecule has 1 N–H and O–H groups in total. The summed E-state index contributed by atoms with van der Waals surface area (Å²) in [7, 11) is 0. The van der Waals surface area contributed by atoms with Gasteiger partial charge in [0.25, 0.3) is 5.91 Å². The van der Waals surface area contributed by atoms with E-state index < -0.39 is 0 Å². The number of ether oxygens (including phenoxy) is 2. The second-order valence-corrected chi connectivity index (χ2v) is 6.67. The second kappa shape index (κ2) is 8.18. The van der Waals surface area contributed by atoms with Crippen LogP contribution in [0.5, 0.6) is 11.5 Å². The Morgan fingerprint density at radius 2 is 1.83 bits per heavy atom. The lowest BCUT2D eigenvalue weighted by Crippen LogP contribution is -2.20. The molecule has 0 saturated carbocycles. The first kappa shape index (κ1) is 18.7. The summed E-state index contributed by atoms with van der Waals surface area (Å²) >= 11 is 0. The van der Waals surface area contributed by atoms with Crippen LogP contribution in [0.4, 0.5) is 17.3 Å². The fourth-order valence-corrected chi connectivity index (χ4v) is 3.14. The van der Waals surface area contributed by atoms with Crippen molar-refractivity contribution in [3.05, 3.63) is 66.0 Å². The summed E-state index contributed by atoms with van der Waals surface area (Å²) in [6.45, 7) is 5.82. The minimum Gasteiger partial charge on any atom is -0.486 e. The van der Waals surface area contributed by atoms with E-state index in [1.807, 2.05) is 36.9 Å². The number of aromatic nitrogens is 2. The van der Waals surface area contributed by atoms with Crippen LogP contribution in [0.15, 0.2) is 54.9 Å². The molecule has 148 valence electrons. The van der Waals surface area contributed by atoms with Gasteiger partial charge < -0.3 is 19.7 Å². The van der Waals surface area contributed by atoms with Crippen molar-refractivity contribution >= 4 is 23.2 Å². The van der Waals surface area contributed by atoms with Crippen molar-refractivity contribution in [2.75, 3.05) is 30.0 Å². The number of hydrogen-bond donors (Lipinski definition) is 1. The number of carbonyl (C=O) groups is 1. The van der Waals surface area contributed by atoms with Crippen LogP contribution in [0, 0.1) is 6.92 Å². The SMILES string of the molecule is CCN(c1cccc(C)c1)c1ncc(C(=O)Nc2ccc3c(c2)OCCO3)cn1. The molecule has 0 aliphatic carbocycles. The molecule has 29 heavy (non-hydrogen) atoms. The number of carbonyl (C=O) groups excluding carboxylic acids is 1. The van der Waals surface area contributed by atoms with E-state index in [0.29, 0.717) is 48.5 Å². The summed E-state index contributed by atoms with van der Waals surface area (Å²) in [5.41, 5.74) is 3.18. The Bertz CT molecular complexity index is 1020. The lowest BCUT2D eigenvalue weighted by molar-refractivity contribution is 0.102. The van der Waals surface area contributed by atoms with Crippen LogP contribution in [-0.4, -0.2) is 35.6 Å². The van der Waals surface area contributed by atoms with Crippen molar-refractivity contribution in [3.63, 3.8) is 0 Å². The van der Waals surface area contributed by atoms with Crippen LogP contribution in [0.25, 0.3) is 0 Å². The van der Waals surface area contributed by atoms with Crippen molar-refractivity contribution in [2.45, 2.75) is 13.8 Å². The van der Waals surface area contributed by atoms with Gasteiger partial charge in [-0.15, -0.1) is 0 Å². The monoisotopic (exact) mass is 390 g/mol. The number of hydrogen-bond acceptors (Lipinski definition) is 6. The van der Waals surface area contributed by atoms with Gasteiger partial charge in [-0.2, -0.15) is 0 Å². The topological polar surface area (TPSA) is 76.6 Å². The van der Waals surface area contributed by atoms with E-state index in [2.05, 4.69) is 21.4 Å². The maximum atomic E-state index is 12.6. The van der Waals surface area contributed by atoms with Gasteiger partial charge in [0.05, 0.1) is 5.56 Å². The fraction of sp³-hybridized carbons (Fsp3) is 0.227. The number of anilines is 3. The van der Waals surface area contributed by atoms with E-state index in [4.69, 9.17) is 9.47 Å². The maximum absolute atomic E-state index is 12.6. The van der Waals surface area contributed by atoms with E-state index in [-0.39, 0.29) is 5.91 Å². The third-order valence-electron chi connectivity index (χ3n) is 4.57. The van der Waals surface area contributed by atoms with Gasteiger partial charge in [0.15, 0.2) is 11.5 Å². The highest BCUT2D eigenvalue weighted by Gasteiger charge is 2.15. The zero-order chi connectivity index (χ0) is 20.2. The maximum Gasteiger partial charge on any atom is 0.258 e. The molecule has 1 aliphatic heterocycles. The molecule has 4 rings (SSSR count). The zero-order valence-corrected chi connectivity index (χ0v) is 16.4. The molecular weight excluding hydrogens is 368 g/mol. The van der Waals surface area contributed by atoms with Crippen LogP contribution >= 0.6 is 0 Å².